The molecule has 9 heteroatoms. The fraction of sp³-hybridized carbons (Fsp3) is 0.235. The average Bonchev–Trinajstić information content (AvgIpc) is 3.16. The molecule has 26 heavy (non-hydrogen) atoms. The Morgan fingerprint density at radius 2 is 1.88 bits per heavy atom. The van der Waals surface area contributed by atoms with Gasteiger partial charge < -0.3 is 4.74 Å². The van der Waals surface area contributed by atoms with Crippen molar-refractivity contribution in [3.05, 3.63) is 67.0 Å². The smallest absolute Gasteiger partial charge is 0.245 e. The van der Waals surface area contributed by atoms with Crippen molar-refractivity contribution in [2.24, 2.45) is 0 Å². The summed E-state index contributed by atoms with van der Waals surface area (Å²) in [6, 6.07) is 8.35. The number of ether oxygens (including phenoxy) is 1. The van der Waals surface area contributed by atoms with E-state index in [1.54, 1.807) is 43.0 Å². The second-order valence-corrected chi connectivity index (χ2v) is 7.84. The van der Waals surface area contributed by atoms with E-state index < -0.39 is 10.0 Å². The predicted molar refractivity (Wildman–Crippen MR) is 92.8 cm³/mol. The molecule has 4 rings (SSSR count). The van der Waals surface area contributed by atoms with Crippen LogP contribution in [0.4, 0.5) is 0 Å². The van der Waals surface area contributed by atoms with Crippen LogP contribution in [-0.4, -0.2) is 45.6 Å². The monoisotopic (exact) mass is 371 g/mol. The summed E-state index contributed by atoms with van der Waals surface area (Å²) in [5.41, 5.74) is 0.823. The Hall–Kier alpha value is -2.78. The van der Waals surface area contributed by atoms with Gasteiger partial charge in [0.15, 0.2) is 0 Å². The molecule has 8 nitrogen and oxygen atoms in total. The number of nitrogens with zero attached hydrogens (tertiary/aromatic N) is 5. The molecule has 1 atom stereocenters. The van der Waals surface area contributed by atoms with Gasteiger partial charge in [0.2, 0.25) is 10.0 Å². The van der Waals surface area contributed by atoms with Crippen molar-refractivity contribution in [2.75, 3.05) is 13.2 Å². The third-order valence-electron chi connectivity index (χ3n) is 4.20. The minimum Gasteiger partial charge on any atom is -0.490 e. The van der Waals surface area contributed by atoms with Crippen LogP contribution in [0.15, 0.2) is 66.2 Å². The molecule has 134 valence electrons. The molecule has 1 aliphatic rings. The fourth-order valence-corrected chi connectivity index (χ4v) is 4.35. The highest BCUT2D eigenvalue weighted by molar-refractivity contribution is 7.89. The van der Waals surface area contributed by atoms with E-state index in [0.29, 0.717) is 12.4 Å². The van der Waals surface area contributed by atoms with E-state index in [0.717, 1.165) is 5.69 Å². The standard InChI is InChI=1S/C17H17N5O3S/c23-26(24,17-4-2-7-19-10-17)21-11-14-5-8-20-22(14)15(12-21)13-25-16-3-1-6-18-9-16/h1-10,15H,11-13H2/t15-/m1/s1. The van der Waals surface area contributed by atoms with Crippen LogP contribution in [0.1, 0.15) is 11.7 Å². The van der Waals surface area contributed by atoms with Crippen molar-refractivity contribution in [3.63, 3.8) is 0 Å². The van der Waals surface area contributed by atoms with E-state index in [9.17, 15) is 8.42 Å². The van der Waals surface area contributed by atoms with Crippen molar-refractivity contribution < 1.29 is 13.2 Å². The molecule has 0 aromatic carbocycles. The maximum absolute atomic E-state index is 12.9. The maximum atomic E-state index is 12.9. The molecule has 0 unspecified atom stereocenters. The number of pyridine rings is 2. The van der Waals surface area contributed by atoms with E-state index in [2.05, 4.69) is 15.1 Å². The zero-order valence-electron chi connectivity index (χ0n) is 13.8. The molecule has 0 N–H and O–H groups in total. The lowest BCUT2D eigenvalue weighted by Crippen LogP contribution is -2.43. The Morgan fingerprint density at radius 3 is 2.62 bits per heavy atom. The van der Waals surface area contributed by atoms with Crippen LogP contribution in [0.5, 0.6) is 5.75 Å². The van der Waals surface area contributed by atoms with Crippen molar-refractivity contribution in [1.29, 1.82) is 0 Å². The highest BCUT2D eigenvalue weighted by Crippen LogP contribution is 2.26. The molecule has 0 bridgehead atoms. The predicted octanol–water partition coefficient (Wildman–Crippen LogP) is 1.50. The number of sulfonamides is 1. The normalized spacial score (nSPS) is 17.6. The molecular weight excluding hydrogens is 354 g/mol. The summed E-state index contributed by atoms with van der Waals surface area (Å²) >= 11 is 0. The third kappa shape index (κ3) is 3.18. The molecule has 0 saturated heterocycles. The van der Waals surface area contributed by atoms with E-state index in [-0.39, 0.29) is 24.0 Å². The Kier molecular flexibility index (Phi) is 4.39. The van der Waals surface area contributed by atoms with Crippen LogP contribution >= 0.6 is 0 Å². The largest absolute Gasteiger partial charge is 0.490 e. The number of aromatic nitrogens is 4. The first-order valence-electron chi connectivity index (χ1n) is 8.10. The topological polar surface area (TPSA) is 90.2 Å². The lowest BCUT2D eigenvalue weighted by Gasteiger charge is -2.32. The minimum atomic E-state index is -3.64. The van der Waals surface area contributed by atoms with E-state index in [1.807, 2.05) is 16.8 Å². The van der Waals surface area contributed by atoms with Gasteiger partial charge in [-0.25, -0.2) is 8.42 Å². The van der Waals surface area contributed by atoms with Crippen LogP contribution in [0.3, 0.4) is 0 Å². The first-order chi connectivity index (χ1) is 12.6. The Morgan fingerprint density at radius 1 is 1.08 bits per heavy atom. The molecule has 0 spiro atoms. The van der Waals surface area contributed by atoms with Crippen molar-refractivity contribution in [1.82, 2.24) is 24.1 Å². The third-order valence-corrected chi connectivity index (χ3v) is 6.00. The zero-order chi connectivity index (χ0) is 18.0. The summed E-state index contributed by atoms with van der Waals surface area (Å²) in [6.45, 7) is 0.826. The first kappa shape index (κ1) is 16.7. The highest BCUT2D eigenvalue weighted by Gasteiger charge is 2.34. The highest BCUT2D eigenvalue weighted by atomic mass is 32.2. The van der Waals surface area contributed by atoms with Gasteiger partial charge in [-0.05, 0) is 30.3 Å². The Labute approximate surface area is 151 Å². The number of fused-ring (bicyclic) bond motifs is 1. The van der Waals surface area contributed by atoms with Crippen molar-refractivity contribution >= 4 is 10.0 Å². The molecule has 0 aliphatic carbocycles. The lowest BCUT2D eigenvalue weighted by molar-refractivity contribution is 0.182. The molecule has 3 aromatic rings. The lowest BCUT2D eigenvalue weighted by atomic mass is 10.2. The van der Waals surface area contributed by atoms with Crippen LogP contribution in [0.2, 0.25) is 0 Å². The molecule has 0 amide bonds. The molecule has 1 aliphatic heterocycles. The van der Waals surface area contributed by atoms with Crippen molar-refractivity contribution in [3.8, 4) is 5.75 Å². The van der Waals surface area contributed by atoms with Crippen LogP contribution in [0.25, 0.3) is 0 Å². The van der Waals surface area contributed by atoms with Gasteiger partial charge >= 0.3 is 0 Å². The number of hydrogen-bond acceptors (Lipinski definition) is 6. The zero-order valence-corrected chi connectivity index (χ0v) is 14.7. The summed E-state index contributed by atoms with van der Waals surface area (Å²) in [5.74, 6) is 0.633. The summed E-state index contributed by atoms with van der Waals surface area (Å²) in [5, 5.41) is 4.33. The van der Waals surface area contributed by atoms with Gasteiger partial charge in [0.25, 0.3) is 0 Å². The fourth-order valence-electron chi connectivity index (χ4n) is 2.93. The number of rotatable bonds is 5. The van der Waals surface area contributed by atoms with Gasteiger partial charge in [0, 0.05) is 31.3 Å². The van der Waals surface area contributed by atoms with E-state index in [1.165, 1.54) is 10.5 Å². The minimum absolute atomic E-state index is 0.180. The quantitative estimate of drug-likeness (QED) is 0.675. The molecule has 3 aromatic heterocycles. The van der Waals surface area contributed by atoms with Gasteiger partial charge in [-0.2, -0.15) is 9.40 Å². The molecule has 4 heterocycles. The van der Waals surface area contributed by atoms with E-state index >= 15 is 0 Å². The molecule has 0 fully saturated rings. The van der Waals surface area contributed by atoms with Crippen molar-refractivity contribution in [2.45, 2.75) is 17.5 Å². The SMILES string of the molecule is O=S(=O)(c1cccnc1)N1Cc2ccnn2[C@@H](COc2cccnc2)C1. The average molecular weight is 371 g/mol. The second-order valence-electron chi connectivity index (χ2n) is 5.91. The Balaban J connectivity index is 1.58. The van der Waals surface area contributed by atoms with Crippen LogP contribution < -0.4 is 4.74 Å². The van der Waals surface area contributed by atoms with Crippen LogP contribution in [0, 0.1) is 0 Å². The van der Waals surface area contributed by atoms with Gasteiger partial charge in [0.05, 0.1) is 18.4 Å². The summed E-state index contributed by atoms with van der Waals surface area (Å²) in [7, 11) is -3.64. The maximum Gasteiger partial charge on any atom is 0.245 e. The van der Waals surface area contributed by atoms with Gasteiger partial charge in [-0.1, -0.05) is 0 Å². The summed E-state index contributed by atoms with van der Waals surface area (Å²) in [4.78, 5) is 8.12. The van der Waals surface area contributed by atoms with Gasteiger partial charge in [-0.15, -0.1) is 0 Å². The van der Waals surface area contributed by atoms with E-state index in [4.69, 9.17) is 4.74 Å². The molecule has 0 saturated carbocycles. The summed E-state index contributed by atoms with van der Waals surface area (Å²) in [6.07, 6.45) is 7.88. The van der Waals surface area contributed by atoms with Crippen LogP contribution in [-0.2, 0) is 16.6 Å². The Bertz CT molecular complexity index is 976. The number of hydrogen-bond donors (Lipinski definition) is 0. The second kappa shape index (κ2) is 6.85. The summed E-state index contributed by atoms with van der Waals surface area (Å²) < 4.78 is 34.9. The molecule has 0 radical (unpaired) electrons. The van der Waals surface area contributed by atoms with Gasteiger partial charge in [-0.3, -0.25) is 14.6 Å². The molecular formula is C17H17N5O3S. The van der Waals surface area contributed by atoms with Gasteiger partial charge in [0.1, 0.15) is 23.3 Å². The first-order valence-corrected chi connectivity index (χ1v) is 9.54.